The van der Waals surface area contributed by atoms with Crippen LogP contribution in [-0.4, -0.2) is 5.97 Å². The number of alkyl halides is 3. The van der Waals surface area contributed by atoms with Crippen LogP contribution >= 0.6 is 0 Å². The Morgan fingerprint density at radius 1 is 1.00 bits per heavy atom. The molecule has 28 heavy (non-hydrogen) atoms. The molecule has 0 saturated carbocycles. The van der Waals surface area contributed by atoms with E-state index in [2.05, 4.69) is 0 Å². The number of ether oxygens (including phenoxy) is 1. The van der Waals surface area contributed by atoms with Crippen molar-refractivity contribution in [1.29, 1.82) is 0 Å². The minimum atomic E-state index is -5.16. The van der Waals surface area contributed by atoms with Crippen molar-refractivity contribution in [3.63, 3.8) is 0 Å². The van der Waals surface area contributed by atoms with E-state index in [1.807, 2.05) is 6.92 Å². The van der Waals surface area contributed by atoms with Crippen LogP contribution in [-0.2, 0) is 12.6 Å². The van der Waals surface area contributed by atoms with E-state index in [9.17, 15) is 26.7 Å². The fraction of sp³-hybridized carbons (Fsp3) is 0.190. The summed E-state index contributed by atoms with van der Waals surface area (Å²) >= 11 is 0. The summed E-state index contributed by atoms with van der Waals surface area (Å²) in [5.41, 5.74) is -0.599. The molecule has 0 amide bonds. The Hall–Kier alpha value is -2.96. The Balaban J connectivity index is 1.89. The van der Waals surface area contributed by atoms with E-state index in [-0.39, 0.29) is 16.7 Å². The van der Waals surface area contributed by atoms with Gasteiger partial charge in [0.25, 0.3) is 0 Å². The largest absolute Gasteiger partial charge is 0.423 e. The van der Waals surface area contributed by atoms with E-state index < -0.39 is 34.7 Å². The zero-order valence-electron chi connectivity index (χ0n) is 14.7. The number of benzene rings is 3. The van der Waals surface area contributed by atoms with Crippen molar-refractivity contribution in [2.75, 3.05) is 0 Å². The normalized spacial score (nSPS) is 11.6. The van der Waals surface area contributed by atoms with Crippen LogP contribution in [0.2, 0.25) is 0 Å². The third-order valence-corrected chi connectivity index (χ3v) is 4.22. The molecule has 0 heterocycles. The summed E-state index contributed by atoms with van der Waals surface area (Å²) in [6.45, 7) is 2.03. The summed E-state index contributed by atoms with van der Waals surface area (Å²) in [5, 5.41) is -0.566. The van der Waals surface area contributed by atoms with E-state index in [1.165, 1.54) is 0 Å². The summed E-state index contributed by atoms with van der Waals surface area (Å²) in [5.74, 6) is -4.15. The van der Waals surface area contributed by atoms with Gasteiger partial charge in [-0.3, -0.25) is 0 Å². The standard InChI is InChI=1S/C21H15F5O2/c1-2-3-12-4-6-13(7-5-12)20(27)28-15-8-9-16-14(10-15)11-17(22)18(19(16)23)21(24,25)26/h4-11H,2-3H2,1H3. The number of carbonyl (C=O) groups excluding carboxylic acids is 1. The molecule has 0 N–H and O–H groups in total. The highest BCUT2D eigenvalue weighted by Crippen LogP contribution is 2.37. The van der Waals surface area contributed by atoms with Gasteiger partial charge in [0, 0.05) is 5.39 Å². The number of carbonyl (C=O) groups is 1. The summed E-state index contributed by atoms with van der Waals surface area (Å²) in [4.78, 5) is 12.2. The third-order valence-electron chi connectivity index (χ3n) is 4.22. The molecule has 0 spiro atoms. The van der Waals surface area contributed by atoms with Crippen LogP contribution in [0.1, 0.15) is 34.8 Å². The number of hydrogen-bond acceptors (Lipinski definition) is 2. The lowest BCUT2D eigenvalue weighted by atomic mass is 10.0. The van der Waals surface area contributed by atoms with Crippen LogP contribution in [0.25, 0.3) is 10.8 Å². The molecule has 3 aromatic rings. The summed E-state index contributed by atoms with van der Waals surface area (Å²) in [6, 6.07) is 10.7. The highest BCUT2D eigenvalue weighted by atomic mass is 19.4. The maximum absolute atomic E-state index is 14.1. The first-order chi connectivity index (χ1) is 13.2. The van der Waals surface area contributed by atoms with Crippen LogP contribution in [0.15, 0.2) is 48.5 Å². The van der Waals surface area contributed by atoms with Crippen molar-refractivity contribution in [3.05, 3.63) is 76.9 Å². The van der Waals surface area contributed by atoms with Gasteiger partial charge in [0.15, 0.2) is 0 Å². The molecule has 0 radical (unpaired) electrons. The highest BCUT2D eigenvalue weighted by molar-refractivity contribution is 5.92. The second-order valence-corrected chi connectivity index (χ2v) is 6.26. The number of aryl methyl sites for hydroxylation is 1. The van der Waals surface area contributed by atoms with Crippen molar-refractivity contribution >= 4 is 16.7 Å². The minimum absolute atomic E-state index is 0.0336. The van der Waals surface area contributed by atoms with Gasteiger partial charge in [-0.1, -0.05) is 25.5 Å². The summed E-state index contributed by atoms with van der Waals surface area (Å²) in [6.07, 6.45) is -3.32. The van der Waals surface area contributed by atoms with Gasteiger partial charge in [0.2, 0.25) is 0 Å². The maximum Gasteiger partial charge on any atom is 0.422 e. The SMILES string of the molecule is CCCc1ccc(C(=O)Oc2ccc3c(F)c(C(F)(F)F)c(F)cc3c2)cc1. The average Bonchev–Trinajstić information content (AvgIpc) is 2.61. The maximum atomic E-state index is 14.1. The van der Waals surface area contributed by atoms with E-state index in [0.29, 0.717) is 6.07 Å². The van der Waals surface area contributed by atoms with Gasteiger partial charge in [0.1, 0.15) is 22.9 Å². The Morgan fingerprint density at radius 2 is 1.68 bits per heavy atom. The van der Waals surface area contributed by atoms with E-state index in [1.54, 1.807) is 24.3 Å². The number of esters is 1. The number of hydrogen-bond donors (Lipinski definition) is 0. The Morgan fingerprint density at radius 3 is 2.29 bits per heavy atom. The van der Waals surface area contributed by atoms with Crippen LogP contribution in [0, 0.1) is 11.6 Å². The van der Waals surface area contributed by atoms with Gasteiger partial charge in [0.05, 0.1) is 5.56 Å². The molecule has 146 valence electrons. The van der Waals surface area contributed by atoms with Gasteiger partial charge in [-0.15, -0.1) is 0 Å². The molecule has 3 aromatic carbocycles. The fourth-order valence-electron chi connectivity index (χ4n) is 2.89. The quantitative estimate of drug-likeness (QED) is 0.295. The van der Waals surface area contributed by atoms with Crippen molar-refractivity contribution in [1.82, 2.24) is 0 Å². The van der Waals surface area contributed by atoms with E-state index in [0.717, 1.165) is 36.6 Å². The predicted octanol–water partition coefficient (Wildman–Crippen LogP) is 6.31. The Kier molecular flexibility index (Phi) is 5.36. The van der Waals surface area contributed by atoms with Crippen LogP contribution in [0.5, 0.6) is 5.75 Å². The molecule has 2 nitrogen and oxygen atoms in total. The first-order valence-corrected chi connectivity index (χ1v) is 8.50. The van der Waals surface area contributed by atoms with Crippen molar-refractivity contribution in [2.24, 2.45) is 0 Å². The Labute approximate surface area is 157 Å². The molecule has 0 saturated heterocycles. The molecule has 0 fully saturated rings. The first-order valence-electron chi connectivity index (χ1n) is 8.50. The molecule has 0 aromatic heterocycles. The third kappa shape index (κ3) is 3.98. The van der Waals surface area contributed by atoms with Gasteiger partial charge < -0.3 is 4.74 Å². The van der Waals surface area contributed by atoms with Crippen LogP contribution < -0.4 is 4.74 Å². The average molecular weight is 394 g/mol. The van der Waals surface area contributed by atoms with Crippen LogP contribution in [0.4, 0.5) is 22.0 Å². The second-order valence-electron chi connectivity index (χ2n) is 6.26. The molecule has 0 aliphatic heterocycles. The predicted molar refractivity (Wildman–Crippen MR) is 94.3 cm³/mol. The number of rotatable bonds is 4. The molecule has 0 atom stereocenters. The summed E-state index contributed by atoms with van der Waals surface area (Å²) < 4.78 is 71.5. The molecule has 0 aliphatic carbocycles. The highest BCUT2D eigenvalue weighted by Gasteiger charge is 2.38. The number of fused-ring (bicyclic) bond motifs is 1. The zero-order valence-corrected chi connectivity index (χ0v) is 14.7. The van der Waals surface area contributed by atoms with Gasteiger partial charge in [-0.05, 0) is 53.8 Å². The molecular formula is C21H15F5O2. The van der Waals surface area contributed by atoms with Crippen LogP contribution in [0.3, 0.4) is 0 Å². The van der Waals surface area contributed by atoms with E-state index in [4.69, 9.17) is 4.74 Å². The zero-order chi connectivity index (χ0) is 20.5. The van der Waals surface area contributed by atoms with Gasteiger partial charge in [-0.25, -0.2) is 13.6 Å². The van der Waals surface area contributed by atoms with Gasteiger partial charge >= 0.3 is 12.1 Å². The number of halogens is 5. The fourth-order valence-corrected chi connectivity index (χ4v) is 2.89. The van der Waals surface area contributed by atoms with Crippen molar-refractivity contribution in [3.8, 4) is 5.75 Å². The molecule has 0 aliphatic rings. The van der Waals surface area contributed by atoms with E-state index >= 15 is 0 Å². The molecular weight excluding hydrogens is 379 g/mol. The topological polar surface area (TPSA) is 26.3 Å². The lowest BCUT2D eigenvalue weighted by molar-refractivity contribution is -0.142. The van der Waals surface area contributed by atoms with Crippen molar-refractivity contribution in [2.45, 2.75) is 25.9 Å². The van der Waals surface area contributed by atoms with Crippen molar-refractivity contribution < 1.29 is 31.5 Å². The second kappa shape index (κ2) is 7.58. The molecule has 0 unspecified atom stereocenters. The first kappa shape index (κ1) is 19.8. The van der Waals surface area contributed by atoms with Gasteiger partial charge in [-0.2, -0.15) is 13.2 Å². The molecule has 0 bridgehead atoms. The minimum Gasteiger partial charge on any atom is -0.423 e. The Bertz CT molecular complexity index is 1020. The lowest BCUT2D eigenvalue weighted by Crippen LogP contribution is -2.12. The lowest BCUT2D eigenvalue weighted by Gasteiger charge is -2.12. The molecule has 3 rings (SSSR count). The smallest absolute Gasteiger partial charge is 0.422 e. The molecule has 7 heteroatoms. The summed E-state index contributed by atoms with van der Waals surface area (Å²) in [7, 11) is 0. The monoisotopic (exact) mass is 394 g/mol.